The second kappa shape index (κ2) is 2.76. The van der Waals surface area contributed by atoms with E-state index in [0.717, 1.165) is 18.6 Å². The molecule has 0 unspecified atom stereocenters. The van der Waals surface area contributed by atoms with Crippen LogP contribution in [0.25, 0.3) is 10.8 Å². The first-order valence-corrected chi connectivity index (χ1v) is 5.92. The van der Waals surface area contributed by atoms with Crippen molar-refractivity contribution in [3.8, 4) is 0 Å². The third-order valence-electron chi connectivity index (χ3n) is 2.01. The van der Waals surface area contributed by atoms with Crippen LogP contribution in [0.4, 0.5) is 0 Å². The topological polar surface area (TPSA) is 0 Å². The molecule has 0 saturated carbocycles. The largest absolute Gasteiger partial charge is 1.00 e. The second-order valence-corrected chi connectivity index (χ2v) is 5.06. The molecule has 0 aromatic heterocycles. The molecule has 0 spiro atoms. The average molecular weight is 201 g/mol. The maximum Gasteiger partial charge on any atom is -1.00 e. The summed E-state index contributed by atoms with van der Waals surface area (Å²) < 4.78 is 1.54. The van der Waals surface area contributed by atoms with E-state index in [2.05, 4.69) is 42.5 Å². The first-order chi connectivity index (χ1) is 5.38. The van der Waals surface area contributed by atoms with Crippen LogP contribution in [0.2, 0.25) is 0 Å². The van der Waals surface area contributed by atoms with Gasteiger partial charge in [-0.2, -0.15) is 0 Å². The Labute approximate surface area is 79.1 Å². The molecule has 2 aromatic rings. The minimum absolute atomic E-state index is 0. The third kappa shape index (κ3) is 1.22. The van der Waals surface area contributed by atoms with Crippen molar-refractivity contribution in [2.45, 2.75) is 0 Å². The smallest absolute Gasteiger partial charge is 1.00 e. The van der Waals surface area contributed by atoms with Crippen LogP contribution in [0.5, 0.6) is 0 Å². The molecule has 0 atom stereocenters. The van der Waals surface area contributed by atoms with E-state index in [1.807, 2.05) is 0 Å². The Hall–Kier alpha value is -0.664. The van der Waals surface area contributed by atoms with Gasteiger partial charge in [0.1, 0.15) is 0 Å². The molecule has 56 valence electrons. The van der Waals surface area contributed by atoms with Crippen molar-refractivity contribution in [1.82, 2.24) is 0 Å². The number of hydrogen-bond donors (Lipinski definition) is 0. The van der Waals surface area contributed by atoms with Crippen molar-refractivity contribution in [1.29, 1.82) is 0 Å². The SMILES string of the molecule is [GaH2][c]1cccc2ccccc12.[H-].[H-]. The van der Waals surface area contributed by atoms with E-state index >= 15 is 0 Å². The van der Waals surface area contributed by atoms with Crippen molar-refractivity contribution >= 4 is 33.5 Å². The molecule has 0 amide bonds. The van der Waals surface area contributed by atoms with Crippen LogP contribution in [0.15, 0.2) is 42.5 Å². The van der Waals surface area contributed by atoms with E-state index in [9.17, 15) is 0 Å². The van der Waals surface area contributed by atoms with Crippen molar-refractivity contribution in [3.05, 3.63) is 42.5 Å². The van der Waals surface area contributed by atoms with Gasteiger partial charge in [0.2, 0.25) is 0 Å². The van der Waals surface area contributed by atoms with Crippen LogP contribution in [0.3, 0.4) is 0 Å². The molecule has 11 heavy (non-hydrogen) atoms. The van der Waals surface area contributed by atoms with E-state index in [0.29, 0.717) is 0 Å². The van der Waals surface area contributed by atoms with Crippen LogP contribution < -0.4 is 4.12 Å². The van der Waals surface area contributed by atoms with E-state index in [4.69, 9.17) is 0 Å². The molecular formula is C10H11Ga-2. The van der Waals surface area contributed by atoms with Gasteiger partial charge in [0.05, 0.1) is 0 Å². The Morgan fingerprint density at radius 2 is 1.64 bits per heavy atom. The van der Waals surface area contributed by atoms with Crippen LogP contribution in [-0.4, -0.2) is 18.6 Å². The Balaban J connectivity index is 0.000000720. The molecule has 0 aliphatic carbocycles. The Kier molecular flexibility index (Phi) is 1.76. The third-order valence-corrected chi connectivity index (χ3v) is 3.84. The van der Waals surface area contributed by atoms with Gasteiger partial charge in [-0.15, -0.1) is 0 Å². The minimum Gasteiger partial charge on any atom is -1.00 e. The number of fused-ring (bicyclic) bond motifs is 1. The molecule has 0 aliphatic heterocycles. The van der Waals surface area contributed by atoms with Crippen LogP contribution >= 0.6 is 0 Å². The standard InChI is InChI=1S/C10H7.Ga.4H/c1-2-6-10-8-4-3-7-9(10)5-1;;;;;/h1-7H;;;;;/q;;;;2*-1. The zero-order chi connectivity index (χ0) is 7.68. The first-order valence-electron chi connectivity index (χ1n) is 3.82. The summed E-state index contributed by atoms with van der Waals surface area (Å²) >= 11 is 0.786. The number of benzene rings is 2. The molecule has 1 heteroatoms. The molecule has 0 N–H and O–H groups in total. The molecule has 0 saturated heterocycles. The predicted molar refractivity (Wildman–Crippen MR) is 54.4 cm³/mol. The summed E-state index contributed by atoms with van der Waals surface area (Å²) in [5, 5.41) is 2.81. The molecule has 2 rings (SSSR count). The minimum atomic E-state index is 0. The fourth-order valence-electron chi connectivity index (χ4n) is 1.39. The summed E-state index contributed by atoms with van der Waals surface area (Å²) in [6, 6.07) is 15.1. The molecule has 0 nitrogen and oxygen atoms in total. The molecule has 0 radical (unpaired) electrons. The summed E-state index contributed by atoms with van der Waals surface area (Å²) in [4.78, 5) is 0. The van der Waals surface area contributed by atoms with Gasteiger partial charge in [-0.1, -0.05) is 0 Å². The van der Waals surface area contributed by atoms with Gasteiger partial charge in [-0.3, -0.25) is 0 Å². The van der Waals surface area contributed by atoms with Crippen LogP contribution in [0, 0.1) is 0 Å². The molecule has 0 heterocycles. The fourth-order valence-corrected chi connectivity index (χ4v) is 2.75. The van der Waals surface area contributed by atoms with Gasteiger partial charge in [0.15, 0.2) is 0 Å². The fraction of sp³-hybridized carbons (Fsp3) is 0. The summed E-state index contributed by atoms with van der Waals surface area (Å²) in [5.74, 6) is 0. The summed E-state index contributed by atoms with van der Waals surface area (Å²) in [6.45, 7) is 0. The van der Waals surface area contributed by atoms with Crippen molar-refractivity contribution in [2.75, 3.05) is 0 Å². The van der Waals surface area contributed by atoms with Crippen molar-refractivity contribution in [2.24, 2.45) is 0 Å². The van der Waals surface area contributed by atoms with Gasteiger partial charge < -0.3 is 2.85 Å². The van der Waals surface area contributed by atoms with Gasteiger partial charge in [-0.05, 0) is 0 Å². The Morgan fingerprint density at radius 3 is 2.45 bits per heavy atom. The predicted octanol–water partition coefficient (Wildman–Crippen LogP) is 1.32. The first kappa shape index (κ1) is 7.01. The summed E-state index contributed by atoms with van der Waals surface area (Å²) in [5.41, 5.74) is 0. The zero-order valence-electron chi connectivity index (χ0n) is 8.54. The molecule has 0 aliphatic rings. The van der Waals surface area contributed by atoms with Crippen molar-refractivity contribution in [3.63, 3.8) is 0 Å². The van der Waals surface area contributed by atoms with E-state index < -0.39 is 0 Å². The van der Waals surface area contributed by atoms with Gasteiger partial charge >= 0.3 is 76.0 Å². The maximum absolute atomic E-state index is 2.22. The molecule has 2 aromatic carbocycles. The van der Waals surface area contributed by atoms with Crippen LogP contribution in [-0.2, 0) is 0 Å². The maximum atomic E-state index is 2.22. The molecule has 0 bridgehead atoms. The Bertz CT molecular complexity index is 382. The normalized spacial score (nSPS) is 10.2. The monoisotopic (exact) mass is 200 g/mol. The zero-order valence-corrected chi connectivity index (χ0v) is 10.7. The van der Waals surface area contributed by atoms with E-state index in [-0.39, 0.29) is 2.85 Å². The summed E-state index contributed by atoms with van der Waals surface area (Å²) in [6.07, 6.45) is 0. The molecule has 0 fully saturated rings. The number of rotatable bonds is 0. The quantitative estimate of drug-likeness (QED) is 0.564. The second-order valence-electron chi connectivity index (χ2n) is 2.80. The van der Waals surface area contributed by atoms with Gasteiger partial charge in [-0.25, -0.2) is 0 Å². The van der Waals surface area contributed by atoms with E-state index in [1.165, 1.54) is 14.9 Å². The summed E-state index contributed by atoms with van der Waals surface area (Å²) in [7, 11) is 0. The van der Waals surface area contributed by atoms with Gasteiger partial charge in [0.25, 0.3) is 0 Å². The van der Waals surface area contributed by atoms with E-state index in [1.54, 1.807) is 0 Å². The van der Waals surface area contributed by atoms with Crippen LogP contribution in [0.1, 0.15) is 2.85 Å². The number of hydrogen-bond acceptors (Lipinski definition) is 0. The van der Waals surface area contributed by atoms with Gasteiger partial charge in [0, 0.05) is 0 Å². The molecular weight excluding hydrogens is 190 g/mol. The average Bonchev–Trinajstić information content (AvgIpc) is 2.06. The Morgan fingerprint density at radius 1 is 0.909 bits per heavy atom. The van der Waals surface area contributed by atoms with Crippen molar-refractivity contribution < 1.29 is 2.85 Å².